The van der Waals surface area contributed by atoms with Gasteiger partial charge in [-0.1, -0.05) is 57.2 Å². The molecule has 200 valence electrons. The second kappa shape index (κ2) is 10.8. The van der Waals surface area contributed by atoms with Crippen LogP contribution >= 0.6 is 0 Å². The Morgan fingerprint density at radius 1 is 1.00 bits per heavy atom. The molecule has 0 spiro atoms. The van der Waals surface area contributed by atoms with Gasteiger partial charge in [-0.15, -0.1) is 0 Å². The van der Waals surface area contributed by atoms with Gasteiger partial charge in [0.05, 0.1) is 16.5 Å². The second-order valence-electron chi connectivity index (χ2n) is 10.8. The average Bonchev–Trinajstić information content (AvgIpc) is 3.08. The summed E-state index contributed by atoms with van der Waals surface area (Å²) in [5.41, 5.74) is 1.84. The third kappa shape index (κ3) is 5.95. The number of aliphatic hydroxyl groups excluding tert-OH is 1. The van der Waals surface area contributed by atoms with E-state index in [-0.39, 0.29) is 21.4 Å². The summed E-state index contributed by atoms with van der Waals surface area (Å²) in [5.74, 6) is -1.86. The van der Waals surface area contributed by atoms with E-state index < -0.39 is 33.5 Å². The molecule has 1 atom stereocenters. The Morgan fingerprint density at radius 2 is 1.62 bits per heavy atom. The van der Waals surface area contributed by atoms with Crippen LogP contribution in [0.3, 0.4) is 0 Å². The largest absolute Gasteiger partial charge is 0.507 e. The molecule has 0 radical (unpaired) electrons. The number of hydrogen-bond acceptors (Lipinski definition) is 6. The Kier molecular flexibility index (Phi) is 8.31. The zero-order chi connectivity index (χ0) is 27.7. The van der Waals surface area contributed by atoms with Gasteiger partial charge in [-0.2, -0.15) is 0 Å². The molecule has 8 nitrogen and oxygen atoms in total. The third-order valence-corrected chi connectivity index (χ3v) is 8.33. The molecule has 9 heteroatoms. The van der Waals surface area contributed by atoms with Crippen molar-refractivity contribution in [2.24, 2.45) is 0 Å². The topological polar surface area (TPSA) is 98.2 Å². The zero-order valence-corrected chi connectivity index (χ0v) is 23.5. The van der Waals surface area contributed by atoms with Crippen molar-refractivity contribution in [2.45, 2.75) is 43.5 Å². The van der Waals surface area contributed by atoms with Crippen LogP contribution in [-0.4, -0.2) is 80.6 Å². The van der Waals surface area contributed by atoms with Crippen LogP contribution in [0.4, 0.5) is 0 Å². The summed E-state index contributed by atoms with van der Waals surface area (Å²) in [4.78, 5) is 29.9. The third-order valence-electron chi connectivity index (χ3n) is 6.52. The highest BCUT2D eigenvalue weighted by Crippen LogP contribution is 2.40. The number of ketones is 1. The van der Waals surface area contributed by atoms with Crippen LogP contribution < -0.4 is 0 Å². The number of sulfonamides is 1. The molecular formula is C28H37N3O5S. The number of carbonyl (C=O) groups is 2. The maximum absolute atomic E-state index is 13.3. The number of likely N-dealkylation sites (tertiary alicyclic amines) is 1. The second-order valence-corrected chi connectivity index (χ2v) is 13.0. The van der Waals surface area contributed by atoms with Crippen molar-refractivity contribution in [2.75, 3.05) is 41.3 Å². The Balaban J connectivity index is 2.16. The highest BCUT2D eigenvalue weighted by molar-refractivity contribution is 7.89. The van der Waals surface area contributed by atoms with Gasteiger partial charge in [0.2, 0.25) is 10.0 Å². The van der Waals surface area contributed by atoms with E-state index in [1.807, 2.05) is 43.3 Å². The molecule has 1 unspecified atom stereocenters. The normalized spacial score (nSPS) is 18.3. The first-order valence-electron chi connectivity index (χ1n) is 12.2. The first-order chi connectivity index (χ1) is 17.2. The van der Waals surface area contributed by atoms with Crippen molar-refractivity contribution in [1.29, 1.82) is 0 Å². The fourth-order valence-electron chi connectivity index (χ4n) is 4.35. The molecule has 3 rings (SSSR count). The molecule has 0 saturated carbocycles. The van der Waals surface area contributed by atoms with Gasteiger partial charge >= 0.3 is 0 Å². The number of hydrogen-bond donors (Lipinski definition) is 1. The molecule has 1 aliphatic rings. The number of carbonyl (C=O) groups excluding carboxylic acids is 2. The van der Waals surface area contributed by atoms with Crippen molar-refractivity contribution in [3.63, 3.8) is 0 Å². The van der Waals surface area contributed by atoms with E-state index in [1.54, 1.807) is 0 Å². The number of Topliss-reactive ketones (excluding diaryl/α,β-unsaturated/α-hetero) is 1. The van der Waals surface area contributed by atoms with E-state index in [4.69, 9.17) is 0 Å². The fourth-order valence-corrected chi connectivity index (χ4v) is 5.30. The van der Waals surface area contributed by atoms with Crippen LogP contribution in [0.25, 0.3) is 5.76 Å². The Labute approximate surface area is 220 Å². The summed E-state index contributed by atoms with van der Waals surface area (Å²) >= 11 is 0. The molecule has 0 aliphatic carbocycles. The Morgan fingerprint density at radius 3 is 2.16 bits per heavy atom. The van der Waals surface area contributed by atoms with E-state index in [9.17, 15) is 23.1 Å². The molecule has 0 bridgehead atoms. The molecule has 1 saturated heterocycles. The van der Waals surface area contributed by atoms with E-state index >= 15 is 0 Å². The smallest absolute Gasteiger partial charge is 0.295 e. The van der Waals surface area contributed by atoms with Crippen molar-refractivity contribution in [3.05, 3.63) is 70.8 Å². The quantitative estimate of drug-likeness (QED) is 0.320. The van der Waals surface area contributed by atoms with E-state index in [0.717, 1.165) is 16.4 Å². The highest BCUT2D eigenvalue weighted by atomic mass is 32.2. The van der Waals surface area contributed by atoms with E-state index in [0.29, 0.717) is 18.5 Å². The molecule has 2 aromatic carbocycles. The molecular weight excluding hydrogens is 490 g/mol. The standard InChI is InChI=1S/C28H37N3O5S/c1-28(2,3)21-14-12-19(13-15-21)24-23(26(33)27(34)31(24)17-9-16-29(4)5)25(32)20-10-8-11-22(18-20)37(35,36)30(6)7/h8,10-15,18,24,32H,9,16-17H2,1-7H3/b25-23-. The predicted molar refractivity (Wildman–Crippen MR) is 145 cm³/mol. The number of nitrogens with zero attached hydrogens (tertiary/aromatic N) is 3. The minimum absolute atomic E-state index is 0.0205. The van der Waals surface area contributed by atoms with Gasteiger partial charge in [-0.05, 0) is 55.7 Å². The van der Waals surface area contributed by atoms with Gasteiger partial charge in [0.1, 0.15) is 5.76 Å². The van der Waals surface area contributed by atoms with Crippen molar-refractivity contribution in [3.8, 4) is 0 Å². The lowest BCUT2D eigenvalue weighted by Gasteiger charge is -2.27. The van der Waals surface area contributed by atoms with Crippen molar-refractivity contribution in [1.82, 2.24) is 14.1 Å². The van der Waals surface area contributed by atoms with Crippen LogP contribution in [0.15, 0.2) is 59.0 Å². The SMILES string of the molecule is CN(C)CCCN1C(=O)C(=O)/C(=C(\O)c2cccc(S(=O)(=O)N(C)C)c2)C1c1ccc(C(C)(C)C)cc1. The van der Waals surface area contributed by atoms with E-state index in [1.165, 1.54) is 43.3 Å². The Hall–Kier alpha value is -3.01. The zero-order valence-electron chi connectivity index (χ0n) is 22.6. The lowest BCUT2D eigenvalue weighted by atomic mass is 9.85. The molecule has 1 fully saturated rings. The van der Waals surface area contributed by atoms with E-state index in [2.05, 4.69) is 20.8 Å². The van der Waals surface area contributed by atoms with Gasteiger partial charge in [-0.25, -0.2) is 12.7 Å². The molecule has 37 heavy (non-hydrogen) atoms. The van der Waals surface area contributed by atoms with Gasteiger partial charge in [0.15, 0.2) is 0 Å². The average molecular weight is 528 g/mol. The van der Waals surface area contributed by atoms with Crippen molar-refractivity contribution < 1.29 is 23.1 Å². The number of benzene rings is 2. The lowest BCUT2D eigenvalue weighted by Crippen LogP contribution is -2.32. The molecule has 1 aliphatic heterocycles. The summed E-state index contributed by atoms with van der Waals surface area (Å²) in [5, 5.41) is 11.3. The maximum atomic E-state index is 13.3. The van der Waals surface area contributed by atoms with Gasteiger partial charge in [0, 0.05) is 26.2 Å². The molecule has 0 aromatic heterocycles. The number of amides is 1. The maximum Gasteiger partial charge on any atom is 0.295 e. The summed E-state index contributed by atoms with van der Waals surface area (Å²) < 4.78 is 26.4. The van der Waals surface area contributed by atoms with Gasteiger partial charge in [-0.3, -0.25) is 9.59 Å². The van der Waals surface area contributed by atoms with Crippen LogP contribution in [0.1, 0.15) is 49.9 Å². The van der Waals surface area contributed by atoms with Gasteiger partial charge in [0.25, 0.3) is 11.7 Å². The first-order valence-corrected chi connectivity index (χ1v) is 13.7. The fraction of sp³-hybridized carbons (Fsp3) is 0.429. The molecule has 1 heterocycles. The molecule has 1 amide bonds. The van der Waals surface area contributed by atoms with Crippen LogP contribution in [0, 0.1) is 0 Å². The van der Waals surface area contributed by atoms with Crippen LogP contribution in [-0.2, 0) is 25.0 Å². The van der Waals surface area contributed by atoms with Gasteiger partial charge < -0.3 is 14.9 Å². The number of rotatable bonds is 8. The summed E-state index contributed by atoms with van der Waals surface area (Å²) in [6.07, 6.45) is 0.646. The monoisotopic (exact) mass is 527 g/mol. The highest BCUT2D eigenvalue weighted by Gasteiger charge is 2.46. The minimum atomic E-state index is -3.76. The first kappa shape index (κ1) is 28.6. The number of aliphatic hydroxyl groups is 1. The summed E-state index contributed by atoms with van der Waals surface area (Å²) in [7, 11) is 2.95. The summed E-state index contributed by atoms with van der Waals surface area (Å²) in [6, 6.07) is 12.7. The molecule has 2 aromatic rings. The lowest BCUT2D eigenvalue weighted by molar-refractivity contribution is -0.139. The summed E-state index contributed by atoms with van der Waals surface area (Å²) in [6.45, 7) is 7.36. The minimum Gasteiger partial charge on any atom is -0.507 e. The molecule has 1 N–H and O–H groups in total. The van der Waals surface area contributed by atoms with Crippen molar-refractivity contribution >= 4 is 27.5 Å². The van der Waals surface area contributed by atoms with Crippen LogP contribution in [0.5, 0.6) is 0 Å². The Bertz CT molecular complexity index is 1310. The predicted octanol–water partition coefficient (Wildman–Crippen LogP) is 3.61. The van der Waals surface area contributed by atoms with Crippen LogP contribution in [0.2, 0.25) is 0 Å².